The molecule has 3 N–H and O–H groups in total. The zero-order chi connectivity index (χ0) is 19.3. The van der Waals surface area contributed by atoms with E-state index >= 15 is 0 Å². The van der Waals surface area contributed by atoms with Crippen LogP contribution in [-0.2, 0) is 15.2 Å². The molecule has 2 amide bonds. The summed E-state index contributed by atoms with van der Waals surface area (Å²) >= 11 is 0. The van der Waals surface area contributed by atoms with Gasteiger partial charge in [0.2, 0.25) is 0 Å². The molecule has 1 atom stereocenters. The summed E-state index contributed by atoms with van der Waals surface area (Å²) in [6.45, 7) is 2.99. The summed E-state index contributed by atoms with van der Waals surface area (Å²) < 4.78 is 0. The van der Waals surface area contributed by atoms with Gasteiger partial charge in [-0.1, -0.05) is 36.4 Å². The van der Waals surface area contributed by atoms with Crippen LogP contribution >= 0.6 is 0 Å². The summed E-state index contributed by atoms with van der Waals surface area (Å²) in [7, 11) is 0. The van der Waals surface area contributed by atoms with E-state index in [2.05, 4.69) is 10.6 Å². The summed E-state index contributed by atoms with van der Waals surface area (Å²) in [6, 6.07) is 12.9. The zero-order valence-electron chi connectivity index (χ0n) is 14.4. The summed E-state index contributed by atoms with van der Waals surface area (Å²) in [4.78, 5) is 34.4. The molecule has 8 nitrogen and oxygen atoms in total. The second-order valence-electron chi connectivity index (χ2n) is 6.05. The van der Waals surface area contributed by atoms with Crippen LogP contribution in [0.15, 0.2) is 48.5 Å². The van der Waals surface area contributed by atoms with Crippen molar-refractivity contribution in [2.45, 2.75) is 19.4 Å². The fourth-order valence-corrected chi connectivity index (χ4v) is 2.31. The molecule has 0 saturated carbocycles. The van der Waals surface area contributed by atoms with E-state index in [0.717, 1.165) is 0 Å². The number of nitrogens with one attached hydrogen (secondary N) is 2. The Balaban J connectivity index is 2.03. The molecule has 2 rings (SSSR count). The van der Waals surface area contributed by atoms with Crippen LogP contribution in [0.3, 0.4) is 0 Å². The second-order valence-corrected chi connectivity index (χ2v) is 6.05. The minimum atomic E-state index is -1.37. The fraction of sp³-hybridized carbons (Fsp3) is 0.222. The quantitative estimate of drug-likeness (QED) is 0.428. The van der Waals surface area contributed by atoms with Gasteiger partial charge in [0.1, 0.15) is 11.3 Å². The van der Waals surface area contributed by atoms with Gasteiger partial charge in [-0.15, -0.1) is 0 Å². The van der Waals surface area contributed by atoms with Gasteiger partial charge >= 0.3 is 11.8 Å². The number of carbonyl (C=O) groups excluding carboxylic acids is 2. The molecule has 8 heteroatoms. The summed E-state index contributed by atoms with van der Waals surface area (Å²) in [6.07, 6.45) is 0. The Morgan fingerprint density at radius 2 is 1.81 bits per heavy atom. The summed E-state index contributed by atoms with van der Waals surface area (Å²) in [5.41, 5.74) is -0.515. The number of aliphatic hydroxyl groups is 1. The van der Waals surface area contributed by atoms with Gasteiger partial charge in [-0.25, -0.2) is 0 Å². The average Bonchev–Trinajstić information content (AvgIpc) is 2.61. The number of nitrogens with zero attached hydrogens (tertiary/aromatic N) is 1. The predicted molar refractivity (Wildman–Crippen MR) is 95.5 cm³/mol. The third-order valence-electron chi connectivity index (χ3n) is 3.79. The van der Waals surface area contributed by atoms with E-state index in [1.807, 2.05) is 0 Å². The predicted octanol–water partition coefficient (Wildman–Crippen LogP) is 1.87. The topological polar surface area (TPSA) is 122 Å². The van der Waals surface area contributed by atoms with Gasteiger partial charge in [0.25, 0.3) is 5.69 Å². The molecule has 0 bridgehead atoms. The standard InChI is InChI=1S/C18H19N3O5/c1-12-8-9-14(15(10-12)21(25)26)20-17(23)16(22)19-11-18(2,24)13-6-4-3-5-7-13/h3-10,24H,11H2,1-2H3,(H,19,22)(H,20,23). The van der Waals surface area contributed by atoms with Crippen molar-refractivity contribution in [1.29, 1.82) is 0 Å². The van der Waals surface area contributed by atoms with Gasteiger partial charge in [0.05, 0.1) is 11.5 Å². The van der Waals surface area contributed by atoms with Crippen molar-refractivity contribution in [3.05, 3.63) is 69.8 Å². The van der Waals surface area contributed by atoms with E-state index in [-0.39, 0.29) is 17.9 Å². The SMILES string of the molecule is Cc1ccc(NC(=O)C(=O)NCC(C)(O)c2ccccc2)c([N+](=O)[O-])c1. The van der Waals surface area contributed by atoms with Gasteiger partial charge < -0.3 is 15.7 Å². The van der Waals surface area contributed by atoms with Gasteiger partial charge in [-0.2, -0.15) is 0 Å². The molecule has 2 aromatic carbocycles. The number of hydrogen-bond donors (Lipinski definition) is 3. The van der Waals surface area contributed by atoms with Crippen molar-refractivity contribution in [3.63, 3.8) is 0 Å². The number of rotatable bonds is 5. The van der Waals surface area contributed by atoms with E-state index in [1.54, 1.807) is 43.3 Å². The van der Waals surface area contributed by atoms with Crippen LogP contribution in [0.4, 0.5) is 11.4 Å². The number of aryl methyl sites for hydroxylation is 1. The van der Waals surface area contributed by atoms with E-state index in [1.165, 1.54) is 19.1 Å². The third kappa shape index (κ3) is 4.64. The Labute approximate surface area is 150 Å². The lowest BCUT2D eigenvalue weighted by atomic mass is 9.96. The fourth-order valence-electron chi connectivity index (χ4n) is 2.31. The second kappa shape index (κ2) is 7.75. The first-order valence-corrected chi connectivity index (χ1v) is 7.83. The minimum Gasteiger partial charge on any atom is -0.384 e. The molecular formula is C18H19N3O5. The zero-order valence-corrected chi connectivity index (χ0v) is 14.4. The molecule has 0 aliphatic carbocycles. The number of anilines is 1. The molecule has 26 heavy (non-hydrogen) atoms. The van der Waals surface area contributed by atoms with Crippen molar-refractivity contribution < 1.29 is 19.6 Å². The molecule has 0 heterocycles. The normalized spacial score (nSPS) is 12.7. The highest BCUT2D eigenvalue weighted by molar-refractivity contribution is 6.39. The number of nitro benzene ring substituents is 1. The maximum Gasteiger partial charge on any atom is 0.313 e. The molecule has 136 valence electrons. The lowest BCUT2D eigenvalue weighted by molar-refractivity contribution is -0.384. The number of nitro groups is 1. The number of amides is 2. The lowest BCUT2D eigenvalue weighted by Gasteiger charge is -2.24. The molecule has 0 spiro atoms. The Kier molecular flexibility index (Phi) is 5.68. The lowest BCUT2D eigenvalue weighted by Crippen LogP contribution is -2.43. The van der Waals surface area contributed by atoms with Crippen molar-refractivity contribution >= 4 is 23.2 Å². The smallest absolute Gasteiger partial charge is 0.313 e. The Hall–Kier alpha value is -3.26. The van der Waals surface area contributed by atoms with Crippen molar-refractivity contribution in [2.75, 3.05) is 11.9 Å². The van der Waals surface area contributed by atoms with Crippen LogP contribution in [0.25, 0.3) is 0 Å². The molecule has 0 aliphatic rings. The highest BCUT2D eigenvalue weighted by Crippen LogP contribution is 2.25. The Morgan fingerprint density at radius 3 is 2.42 bits per heavy atom. The third-order valence-corrected chi connectivity index (χ3v) is 3.79. The van der Waals surface area contributed by atoms with Gasteiger partial charge in [0, 0.05) is 6.07 Å². The molecular weight excluding hydrogens is 338 g/mol. The maximum absolute atomic E-state index is 12.0. The van der Waals surface area contributed by atoms with Crippen LogP contribution in [0.5, 0.6) is 0 Å². The van der Waals surface area contributed by atoms with E-state index in [4.69, 9.17) is 0 Å². The van der Waals surface area contributed by atoms with Crippen LogP contribution in [0.1, 0.15) is 18.1 Å². The highest BCUT2D eigenvalue weighted by Gasteiger charge is 2.26. The minimum absolute atomic E-state index is 0.0735. The van der Waals surface area contributed by atoms with Gasteiger partial charge in [-0.3, -0.25) is 19.7 Å². The van der Waals surface area contributed by atoms with E-state index in [9.17, 15) is 24.8 Å². The first kappa shape index (κ1) is 19.1. The van der Waals surface area contributed by atoms with Gasteiger partial charge in [0.15, 0.2) is 0 Å². The van der Waals surface area contributed by atoms with Crippen LogP contribution in [-0.4, -0.2) is 28.4 Å². The van der Waals surface area contributed by atoms with Crippen LogP contribution < -0.4 is 10.6 Å². The highest BCUT2D eigenvalue weighted by atomic mass is 16.6. The first-order chi connectivity index (χ1) is 12.2. The molecule has 0 radical (unpaired) electrons. The molecule has 0 saturated heterocycles. The Morgan fingerprint density at radius 1 is 1.15 bits per heavy atom. The van der Waals surface area contributed by atoms with Crippen molar-refractivity contribution in [3.8, 4) is 0 Å². The Bertz CT molecular complexity index is 834. The first-order valence-electron chi connectivity index (χ1n) is 7.83. The molecule has 0 fully saturated rings. The monoisotopic (exact) mass is 357 g/mol. The molecule has 0 aromatic heterocycles. The molecule has 0 aliphatic heterocycles. The van der Waals surface area contributed by atoms with E-state index < -0.39 is 22.3 Å². The summed E-state index contributed by atoms with van der Waals surface area (Å²) in [5, 5.41) is 26.0. The van der Waals surface area contributed by atoms with Crippen LogP contribution in [0, 0.1) is 17.0 Å². The van der Waals surface area contributed by atoms with Gasteiger partial charge in [-0.05, 0) is 31.0 Å². The van der Waals surface area contributed by atoms with Crippen molar-refractivity contribution in [1.82, 2.24) is 5.32 Å². The number of hydrogen-bond acceptors (Lipinski definition) is 5. The molecule has 1 unspecified atom stereocenters. The number of carbonyl (C=O) groups is 2. The largest absolute Gasteiger partial charge is 0.384 e. The maximum atomic E-state index is 12.0. The van der Waals surface area contributed by atoms with Crippen LogP contribution in [0.2, 0.25) is 0 Å². The van der Waals surface area contributed by atoms with Crippen molar-refractivity contribution in [2.24, 2.45) is 0 Å². The number of benzene rings is 2. The average molecular weight is 357 g/mol. The van der Waals surface area contributed by atoms with E-state index in [0.29, 0.717) is 11.1 Å². The summed E-state index contributed by atoms with van der Waals surface area (Å²) in [5.74, 6) is -2.06. The molecule has 2 aromatic rings.